The van der Waals surface area contributed by atoms with Gasteiger partial charge in [0.1, 0.15) is 5.75 Å². The lowest BCUT2D eigenvalue weighted by Crippen LogP contribution is -2.11. The normalized spacial score (nSPS) is 12.5. The molecule has 10 heteroatoms. The molecule has 0 amide bonds. The van der Waals surface area contributed by atoms with E-state index in [2.05, 4.69) is 4.98 Å². The van der Waals surface area contributed by atoms with Gasteiger partial charge in [0.05, 0.1) is 23.9 Å². The number of nitrogens with one attached hydrogen (secondary N) is 1. The molecule has 3 nitrogen and oxygen atoms in total. The molecule has 0 saturated heterocycles. The number of hydrogen-bond acceptors (Lipinski definition) is 2. The van der Waals surface area contributed by atoms with Crippen molar-refractivity contribution in [3.63, 3.8) is 0 Å². The molecule has 0 aliphatic carbocycles. The fourth-order valence-electron chi connectivity index (χ4n) is 3.59. The molecule has 0 spiro atoms. The predicted octanol–water partition coefficient (Wildman–Crippen LogP) is 6.82. The third-order valence-electron chi connectivity index (χ3n) is 4.95. The number of fused-ring (bicyclic) bond motifs is 1. The van der Waals surface area contributed by atoms with Crippen LogP contribution in [0.1, 0.15) is 29.5 Å². The van der Waals surface area contributed by atoms with E-state index in [-0.39, 0.29) is 34.6 Å². The van der Waals surface area contributed by atoms with Crippen molar-refractivity contribution < 1.29 is 31.1 Å². The van der Waals surface area contributed by atoms with Crippen molar-refractivity contribution in [1.82, 2.24) is 4.98 Å². The van der Waals surface area contributed by atoms with Crippen molar-refractivity contribution in [2.24, 2.45) is 5.73 Å². The van der Waals surface area contributed by atoms with Crippen LogP contribution in [0.3, 0.4) is 0 Å². The number of methoxy groups -OCH3 is 1. The van der Waals surface area contributed by atoms with E-state index >= 15 is 0 Å². The van der Waals surface area contributed by atoms with Crippen LogP contribution >= 0.6 is 11.6 Å². The number of benzene rings is 2. The Bertz CT molecular complexity index is 1090. The van der Waals surface area contributed by atoms with Crippen LogP contribution in [-0.2, 0) is 18.8 Å². The largest absolute Gasteiger partial charge is 0.496 e. The van der Waals surface area contributed by atoms with E-state index in [9.17, 15) is 26.3 Å². The summed E-state index contributed by atoms with van der Waals surface area (Å²) in [6.45, 7) is 0.336. The van der Waals surface area contributed by atoms with Gasteiger partial charge in [0.25, 0.3) is 0 Å². The lowest BCUT2D eigenvalue weighted by molar-refractivity contribution is -0.142. The van der Waals surface area contributed by atoms with Crippen molar-refractivity contribution in [1.29, 1.82) is 0 Å². The number of unbranched alkanes of at least 4 members (excludes halogenated alkanes) is 1. The standard InChI is InChI=1S/C21H19ClF6N2O/c1-31-17-6-5-12(22)10-14(17)19-13(4-2-3-7-29)18-15(21(26,27)28)8-11(20(23,24)25)9-16(18)30-19/h5-6,8-10,30H,2-4,7,29H2,1H3. The highest BCUT2D eigenvalue weighted by Crippen LogP contribution is 2.45. The lowest BCUT2D eigenvalue weighted by Gasteiger charge is -2.15. The van der Waals surface area contributed by atoms with E-state index in [0.29, 0.717) is 41.8 Å². The van der Waals surface area contributed by atoms with Gasteiger partial charge in [-0.15, -0.1) is 0 Å². The zero-order valence-corrected chi connectivity index (χ0v) is 17.1. The molecule has 3 rings (SSSR count). The van der Waals surface area contributed by atoms with Gasteiger partial charge in [0, 0.05) is 21.5 Å². The van der Waals surface area contributed by atoms with Gasteiger partial charge in [-0.25, -0.2) is 0 Å². The smallest absolute Gasteiger partial charge is 0.417 e. The maximum atomic E-state index is 13.8. The third-order valence-corrected chi connectivity index (χ3v) is 5.18. The Hall–Kier alpha value is -2.39. The first-order chi connectivity index (χ1) is 14.5. The number of rotatable bonds is 6. The number of hydrogen-bond donors (Lipinski definition) is 2. The third kappa shape index (κ3) is 4.77. The van der Waals surface area contributed by atoms with Gasteiger partial charge >= 0.3 is 12.4 Å². The van der Waals surface area contributed by atoms with E-state index < -0.39 is 23.5 Å². The molecule has 3 aromatic rings. The van der Waals surface area contributed by atoms with Crippen molar-refractivity contribution in [2.75, 3.05) is 13.7 Å². The van der Waals surface area contributed by atoms with Gasteiger partial charge in [-0.2, -0.15) is 26.3 Å². The molecule has 2 aromatic carbocycles. The highest BCUT2D eigenvalue weighted by molar-refractivity contribution is 6.31. The lowest BCUT2D eigenvalue weighted by atomic mass is 9.95. The molecule has 1 heterocycles. The minimum absolute atomic E-state index is 0.154. The van der Waals surface area contributed by atoms with E-state index in [1.54, 1.807) is 12.1 Å². The molecule has 0 atom stereocenters. The van der Waals surface area contributed by atoms with E-state index in [1.807, 2.05) is 0 Å². The molecule has 0 radical (unpaired) electrons. The second-order valence-electron chi connectivity index (χ2n) is 7.01. The second kappa shape index (κ2) is 8.63. The average Bonchev–Trinajstić information content (AvgIpc) is 3.04. The number of alkyl halides is 6. The fourth-order valence-corrected chi connectivity index (χ4v) is 3.76. The Labute approximate surface area is 179 Å². The Morgan fingerprint density at radius 2 is 1.71 bits per heavy atom. The summed E-state index contributed by atoms with van der Waals surface area (Å²) in [5.74, 6) is 0.320. The molecular weight excluding hydrogens is 446 g/mol. The van der Waals surface area contributed by atoms with Crippen molar-refractivity contribution in [2.45, 2.75) is 31.6 Å². The minimum atomic E-state index is -4.99. The van der Waals surface area contributed by atoms with Crippen LogP contribution < -0.4 is 10.5 Å². The topological polar surface area (TPSA) is 51.0 Å². The summed E-state index contributed by atoms with van der Waals surface area (Å²) < 4.78 is 86.7. The average molecular weight is 465 g/mol. The number of aromatic nitrogens is 1. The Kier molecular flexibility index (Phi) is 6.48. The van der Waals surface area contributed by atoms with Crippen LogP contribution in [0.25, 0.3) is 22.2 Å². The molecule has 168 valence electrons. The van der Waals surface area contributed by atoms with Crippen molar-refractivity contribution in [3.05, 3.63) is 52.0 Å². The summed E-state index contributed by atoms with van der Waals surface area (Å²) >= 11 is 6.08. The number of H-pyrrole nitrogens is 1. The SMILES string of the molecule is COc1ccc(Cl)cc1-c1[nH]c2cc(C(F)(F)F)cc(C(F)(F)F)c2c1CCCCN. The molecular formula is C21H19ClF6N2O. The Balaban J connectivity index is 2.40. The minimum Gasteiger partial charge on any atom is -0.496 e. The molecule has 31 heavy (non-hydrogen) atoms. The molecule has 0 saturated carbocycles. The number of halogens is 7. The van der Waals surface area contributed by atoms with Gasteiger partial charge in [0.2, 0.25) is 0 Å². The quantitative estimate of drug-likeness (QED) is 0.311. The van der Waals surface area contributed by atoms with Crippen LogP contribution in [-0.4, -0.2) is 18.6 Å². The Morgan fingerprint density at radius 3 is 2.29 bits per heavy atom. The van der Waals surface area contributed by atoms with Gasteiger partial charge < -0.3 is 15.5 Å². The predicted molar refractivity (Wildman–Crippen MR) is 107 cm³/mol. The van der Waals surface area contributed by atoms with Crippen LogP contribution in [0.5, 0.6) is 5.75 Å². The Morgan fingerprint density at radius 1 is 1.00 bits per heavy atom. The summed E-state index contributed by atoms with van der Waals surface area (Å²) in [5.41, 5.74) is 3.35. The maximum absolute atomic E-state index is 13.8. The van der Waals surface area contributed by atoms with E-state index in [1.165, 1.54) is 13.2 Å². The van der Waals surface area contributed by atoms with Crippen molar-refractivity contribution >= 4 is 22.5 Å². The molecule has 0 aliphatic heterocycles. The highest BCUT2D eigenvalue weighted by atomic mass is 35.5. The number of aromatic amines is 1. The molecule has 3 N–H and O–H groups in total. The van der Waals surface area contributed by atoms with E-state index in [0.717, 1.165) is 0 Å². The van der Waals surface area contributed by atoms with Crippen LogP contribution in [0.4, 0.5) is 26.3 Å². The summed E-state index contributed by atoms with van der Waals surface area (Å²) in [6, 6.07) is 5.43. The summed E-state index contributed by atoms with van der Waals surface area (Å²) in [6.07, 6.45) is -8.75. The second-order valence-corrected chi connectivity index (χ2v) is 7.45. The van der Waals surface area contributed by atoms with Crippen molar-refractivity contribution in [3.8, 4) is 17.0 Å². The molecule has 1 aromatic heterocycles. The monoisotopic (exact) mass is 464 g/mol. The van der Waals surface area contributed by atoms with Crippen LogP contribution in [0.2, 0.25) is 5.02 Å². The van der Waals surface area contributed by atoms with Gasteiger partial charge in [-0.05, 0) is 61.7 Å². The van der Waals surface area contributed by atoms with Gasteiger partial charge in [-0.1, -0.05) is 11.6 Å². The van der Waals surface area contributed by atoms with Crippen LogP contribution in [0.15, 0.2) is 30.3 Å². The fraction of sp³-hybridized carbons (Fsp3) is 0.333. The number of ether oxygens (including phenoxy) is 1. The number of nitrogens with two attached hydrogens (primary N) is 1. The summed E-state index contributed by atoms with van der Waals surface area (Å²) in [4.78, 5) is 2.76. The van der Waals surface area contributed by atoms with Crippen LogP contribution in [0, 0.1) is 0 Å². The molecule has 0 unspecified atom stereocenters. The molecule has 0 aliphatic rings. The first-order valence-electron chi connectivity index (χ1n) is 9.34. The highest BCUT2D eigenvalue weighted by Gasteiger charge is 2.39. The summed E-state index contributed by atoms with van der Waals surface area (Å²) in [7, 11) is 1.38. The zero-order chi connectivity index (χ0) is 23.0. The van der Waals surface area contributed by atoms with E-state index in [4.69, 9.17) is 22.1 Å². The first kappa shape index (κ1) is 23.3. The summed E-state index contributed by atoms with van der Waals surface area (Å²) in [5, 5.41) is 0.00365. The molecule has 0 bridgehead atoms. The number of aryl methyl sites for hydroxylation is 1. The first-order valence-corrected chi connectivity index (χ1v) is 9.72. The van der Waals surface area contributed by atoms with Gasteiger partial charge in [0.15, 0.2) is 0 Å². The zero-order valence-electron chi connectivity index (χ0n) is 16.3. The molecule has 0 fully saturated rings. The van der Waals surface area contributed by atoms with Gasteiger partial charge in [-0.3, -0.25) is 0 Å². The maximum Gasteiger partial charge on any atom is 0.417 e.